The lowest BCUT2D eigenvalue weighted by Gasteiger charge is -2.32. The number of hydrogen-bond donors (Lipinski definition) is 3. The Labute approximate surface area is 284 Å². The standard InChI is InChI=1S/C31H34ClF5N4O7S/c1-16(2)23(25(42)30(33,34)31(35,36)37)38-28(45)22-6-5-15-41(22)29(46)24(17(3)4)39-26(43)18-7-9-19(10-8-18)27(44)40-49(47,48)21-13-11-20(32)12-14-21/h7-14,16-17,22-24H,5-6,15H2,1-4H3,(H,38,45)(H,39,43)(H,40,44)/t22-,23-,24-/m0/s1. The van der Waals surface area contributed by atoms with Crippen molar-refractivity contribution in [3.8, 4) is 0 Å². The van der Waals surface area contributed by atoms with Crippen LogP contribution in [0.4, 0.5) is 22.0 Å². The monoisotopic (exact) mass is 736 g/mol. The third kappa shape index (κ3) is 9.12. The summed E-state index contributed by atoms with van der Waals surface area (Å²) in [6.07, 6.45) is -5.90. The summed E-state index contributed by atoms with van der Waals surface area (Å²) in [6.45, 7) is 5.54. The fourth-order valence-electron chi connectivity index (χ4n) is 4.97. The highest BCUT2D eigenvalue weighted by Crippen LogP contribution is 2.37. The number of hydrogen-bond acceptors (Lipinski definition) is 7. The molecule has 3 rings (SSSR count). The van der Waals surface area contributed by atoms with E-state index in [1.807, 2.05) is 10.0 Å². The van der Waals surface area contributed by atoms with Crippen molar-refractivity contribution >= 4 is 51.0 Å². The van der Waals surface area contributed by atoms with Crippen LogP contribution < -0.4 is 15.4 Å². The SMILES string of the molecule is CC(C)[C@H](NC(=O)c1ccc(C(=O)NS(=O)(=O)c2ccc(Cl)cc2)cc1)C(=O)N1CCC[C@H]1C(=O)N[C@H](C(=O)C(F)(F)C(F)(F)F)C(C)C. The number of carbonyl (C=O) groups is 5. The Hall–Kier alpha value is -4.12. The first kappa shape index (κ1) is 39.3. The van der Waals surface area contributed by atoms with Crippen molar-refractivity contribution < 1.29 is 54.3 Å². The van der Waals surface area contributed by atoms with Crippen molar-refractivity contribution in [3.63, 3.8) is 0 Å². The number of nitrogens with one attached hydrogen (secondary N) is 3. The van der Waals surface area contributed by atoms with Gasteiger partial charge < -0.3 is 15.5 Å². The Bertz CT molecular complexity index is 1690. The first-order chi connectivity index (χ1) is 22.6. The largest absolute Gasteiger partial charge is 0.461 e. The number of amides is 4. The second-order valence-corrected chi connectivity index (χ2v) is 14.1. The molecule has 1 fully saturated rings. The smallest absolute Gasteiger partial charge is 0.344 e. The predicted molar refractivity (Wildman–Crippen MR) is 166 cm³/mol. The van der Waals surface area contributed by atoms with Crippen LogP contribution in [-0.4, -0.2) is 79.5 Å². The normalized spacial score (nSPS) is 16.7. The second kappa shape index (κ2) is 15.2. The van der Waals surface area contributed by atoms with Crippen LogP contribution in [0, 0.1) is 11.8 Å². The van der Waals surface area contributed by atoms with Crippen molar-refractivity contribution in [1.82, 2.24) is 20.3 Å². The van der Waals surface area contributed by atoms with E-state index in [0.29, 0.717) is 0 Å². The van der Waals surface area contributed by atoms with Crippen molar-refractivity contribution in [2.24, 2.45) is 11.8 Å². The van der Waals surface area contributed by atoms with Crippen molar-refractivity contribution in [2.45, 2.75) is 75.7 Å². The minimum absolute atomic E-state index is 0.00223. The molecule has 0 aromatic heterocycles. The third-order valence-electron chi connectivity index (χ3n) is 7.73. The molecule has 1 saturated heterocycles. The zero-order valence-electron chi connectivity index (χ0n) is 26.6. The summed E-state index contributed by atoms with van der Waals surface area (Å²) >= 11 is 5.77. The Kier molecular flexibility index (Phi) is 12.2. The molecule has 0 spiro atoms. The number of carbonyl (C=O) groups excluding carboxylic acids is 5. The topological polar surface area (TPSA) is 159 Å². The summed E-state index contributed by atoms with van der Waals surface area (Å²) in [6, 6.07) is 5.12. The number of sulfonamides is 1. The molecular formula is C31H34ClF5N4O7S. The summed E-state index contributed by atoms with van der Waals surface area (Å²) in [7, 11) is -4.24. The molecule has 0 radical (unpaired) electrons. The average Bonchev–Trinajstić information content (AvgIpc) is 3.51. The first-order valence-electron chi connectivity index (χ1n) is 14.9. The molecule has 11 nitrogen and oxygen atoms in total. The van der Waals surface area contributed by atoms with Gasteiger partial charge in [0.1, 0.15) is 12.1 Å². The van der Waals surface area contributed by atoms with Crippen LogP contribution in [0.25, 0.3) is 0 Å². The molecule has 0 bridgehead atoms. The molecule has 3 N–H and O–H groups in total. The van der Waals surface area contributed by atoms with E-state index in [1.165, 1.54) is 62.4 Å². The molecule has 4 amide bonds. The summed E-state index contributed by atoms with van der Waals surface area (Å²) in [5, 5.41) is 4.81. The van der Waals surface area contributed by atoms with E-state index >= 15 is 0 Å². The Balaban J connectivity index is 1.71. The van der Waals surface area contributed by atoms with Gasteiger partial charge in [-0.15, -0.1) is 0 Å². The Morgan fingerprint density at radius 2 is 1.31 bits per heavy atom. The number of likely N-dealkylation sites (tertiary alicyclic amines) is 1. The minimum atomic E-state index is -6.18. The van der Waals surface area contributed by atoms with Crippen LogP contribution in [0.2, 0.25) is 5.02 Å². The zero-order valence-corrected chi connectivity index (χ0v) is 28.2. The highest BCUT2D eigenvalue weighted by atomic mass is 35.5. The zero-order chi connectivity index (χ0) is 37.1. The van der Waals surface area contributed by atoms with Gasteiger partial charge in [-0.1, -0.05) is 39.3 Å². The summed E-state index contributed by atoms with van der Waals surface area (Å²) in [5.74, 6) is -13.5. The highest BCUT2D eigenvalue weighted by Gasteiger charge is 2.65. The van der Waals surface area contributed by atoms with Gasteiger partial charge in [0.2, 0.25) is 17.6 Å². The number of Topliss-reactive ketones (excluding diaryl/α,β-unsaturated/α-hetero) is 1. The third-order valence-corrected chi connectivity index (χ3v) is 9.33. The van der Waals surface area contributed by atoms with E-state index in [-0.39, 0.29) is 40.4 Å². The summed E-state index contributed by atoms with van der Waals surface area (Å²) in [4.78, 5) is 65.5. The van der Waals surface area contributed by atoms with Gasteiger partial charge >= 0.3 is 12.1 Å². The van der Waals surface area contributed by atoms with Gasteiger partial charge in [-0.25, -0.2) is 13.1 Å². The number of benzene rings is 2. The molecule has 2 aromatic rings. The molecule has 0 saturated carbocycles. The van der Waals surface area contributed by atoms with Crippen LogP contribution in [-0.2, 0) is 24.4 Å². The van der Waals surface area contributed by atoms with Gasteiger partial charge in [0, 0.05) is 22.7 Å². The van der Waals surface area contributed by atoms with E-state index in [1.54, 1.807) is 13.8 Å². The maximum absolute atomic E-state index is 13.8. The number of alkyl halides is 5. The van der Waals surface area contributed by atoms with Crippen LogP contribution in [0.15, 0.2) is 53.4 Å². The lowest BCUT2D eigenvalue weighted by molar-refractivity contribution is -0.270. The van der Waals surface area contributed by atoms with Crippen molar-refractivity contribution in [2.75, 3.05) is 6.54 Å². The maximum Gasteiger partial charge on any atom is 0.461 e. The van der Waals surface area contributed by atoms with Crippen LogP contribution >= 0.6 is 11.6 Å². The van der Waals surface area contributed by atoms with E-state index in [9.17, 15) is 54.3 Å². The summed E-state index contributed by atoms with van der Waals surface area (Å²) < 4.78 is 93.3. The molecule has 3 atom stereocenters. The Morgan fingerprint density at radius 3 is 1.80 bits per heavy atom. The molecule has 1 aliphatic heterocycles. The number of halogens is 6. The lowest BCUT2D eigenvalue weighted by atomic mass is 9.95. The van der Waals surface area contributed by atoms with Gasteiger partial charge in [-0.3, -0.25) is 24.0 Å². The second-order valence-electron chi connectivity index (χ2n) is 12.0. The van der Waals surface area contributed by atoms with Crippen molar-refractivity contribution in [3.05, 3.63) is 64.7 Å². The van der Waals surface area contributed by atoms with E-state index in [4.69, 9.17) is 11.6 Å². The quantitative estimate of drug-likeness (QED) is 0.277. The van der Waals surface area contributed by atoms with Gasteiger partial charge in [-0.05, 0) is 73.2 Å². The number of ketones is 1. The lowest BCUT2D eigenvalue weighted by Crippen LogP contribution is -2.60. The molecule has 1 aliphatic rings. The molecule has 49 heavy (non-hydrogen) atoms. The maximum atomic E-state index is 13.8. The Morgan fingerprint density at radius 1 is 0.796 bits per heavy atom. The molecule has 2 aromatic carbocycles. The highest BCUT2D eigenvalue weighted by molar-refractivity contribution is 7.90. The van der Waals surface area contributed by atoms with Gasteiger partial charge in [0.25, 0.3) is 21.8 Å². The van der Waals surface area contributed by atoms with Crippen molar-refractivity contribution in [1.29, 1.82) is 0 Å². The molecule has 0 unspecified atom stereocenters. The van der Waals surface area contributed by atoms with Gasteiger partial charge in [0.05, 0.1) is 10.9 Å². The average molecular weight is 737 g/mol. The van der Waals surface area contributed by atoms with Gasteiger partial charge in [-0.2, -0.15) is 22.0 Å². The van der Waals surface area contributed by atoms with E-state index < -0.39 is 81.5 Å². The minimum Gasteiger partial charge on any atom is -0.344 e. The van der Waals surface area contributed by atoms with Crippen LogP contribution in [0.1, 0.15) is 61.3 Å². The molecule has 1 heterocycles. The fraction of sp³-hybridized carbons (Fsp3) is 0.452. The molecule has 268 valence electrons. The molecule has 18 heteroatoms. The van der Waals surface area contributed by atoms with Crippen LogP contribution in [0.3, 0.4) is 0 Å². The number of nitrogens with zero attached hydrogens (tertiary/aromatic N) is 1. The van der Waals surface area contributed by atoms with E-state index in [0.717, 1.165) is 4.90 Å². The molecule has 0 aliphatic carbocycles. The van der Waals surface area contributed by atoms with Gasteiger partial charge in [0.15, 0.2) is 0 Å². The van der Waals surface area contributed by atoms with E-state index in [2.05, 4.69) is 5.32 Å². The summed E-state index contributed by atoms with van der Waals surface area (Å²) in [5.41, 5.74) is -0.127. The predicted octanol–water partition coefficient (Wildman–Crippen LogP) is 4.11. The molecular weight excluding hydrogens is 703 g/mol. The first-order valence-corrected chi connectivity index (χ1v) is 16.8. The fourth-order valence-corrected chi connectivity index (χ4v) is 6.07. The van der Waals surface area contributed by atoms with Crippen LogP contribution in [0.5, 0.6) is 0 Å². The number of rotatable bonds is 12.